The Morgan fingerprint density at radius 3 is 2.40 bits per heavy atom. The number of rotatable bonds is 4. The molecule has 0 aromatic heterocycles. The minimum atomic E-state index is -4.17. The molecule has 1 amide bonds. The van der Waals surface area contributed by atoms with Gasteiger partial charge in [0.05, 0.1) is 6.42 Å². The maximum Gasteiger partial charge on any atom is 0.390 e. The van der Waals surface area contributed by atoms with Crippen molar-refractivity contribution in [2.45, 2.75) is 44.3 Å². The molecule has 2 fully saturated rings. The van der Waals surface area contributed by atoms with E-state index in [9.17, 15) is 18.0 Å². The summed E-state index contributed by atoms with van der Waals surface area (Å²) in [7, 11) is 1.55. The molecule has 2 rings (SSSR count). The fourth-order valence-corrected chi connectivity index (χ4v) is 4.14. The minimum absolute atomic E-state index is 0.0846. The first-order valence-corrected chi connectivity index (χ1v) is 9.95. The van der Waals surface area contributed by atoms with E-state index in [-0.39, 0.29) is 24.4 Å². The monoisotopic (exact) mass is 380 g/mol. The summed E-state index contributed by atoms with van der Waals surface area (Å²) in [6, 6.07) is 0.151. The van der Waals surface area contributed by atoms with Gasteiger partial charge in [-0.3, -0.25) is 9.79 Å². The van der Waals surface area contributed by atoms with Gasteiger partial charge >= 0.3 is 6.18 Å². The molecule has 1 heterocycles. The van der Waals surface area contributed by atoms with Crippen LogP contribution in [0.5, 0.6) is 0 Å². The van der Waals surface area contributed by atoms with Gasteiger partial charge in [-0.2, -0.15) is 24.9 Å². The lowest BCUT2D eigenvalue weighted by Gasteiger charge is -2.34. The summed E-state index contributed by atoms with van der Waals surface area (Å²) >= 11 is 1.89. The van der Waals surface area contributed by atoms with Crippen LogP contribution in [0, 0.1) is 5.92 Å². The minimum Gasteiger partial charge on any atom is -0.356 e. The van der Waals surface area contributed by atoms with Crippen LogP contribution >= 0.6 is 11.8 Å². The summed E-state index contributed by atoms with van der Waals surface area (Å²) in [5.74, 6) is 2.78. The number of halogens is 3. The van der Waals surface area contributed by atoms with Crippen LogP contribution in [0.3, 0.4) is 0 Å². The van der Waals surface area contributed by atoms with Crippen molar-refractivity contribution < 1.29 is 18.0 Å². The number of hydrogen-bond donors (Lipinski definition) is 2. The quantitative estimate of drug-likeness (QED) is 0.580. The fourth-order valence-electron chi connectivity index (χ4n) is 3.24. The third-order valence-corrected chi connectivity index (χ3v) is 5.61. The number of nitrogens with one attached hydrogen (secondary N) is 2. The van der Waals surface area contributed by atoms with E-state index in [0.29, 0.717) is 5.96 Å². The number of thioether (sulfide) groups is 1. The highest BCUT2D eigenvalue weighted by molar-refractivity contribution is 7.99. The second-order valence-electron chi connectivity index (χ2n) is 6.49. The molecule has 1 aliphatic carbocycles. The normalized spacial score (nSPS) is 25.6. The summed E-state index contributed by atoms with van der Waals surface area (Å²) in [4.78, 5) is 18.5. The zero-order chi connectivity index (χ0) is 18.3. The first-order chi connectivity index (χ1) is 11.9. The molecule has 2 N–H and O–H groups in total. The molecule has 0 aromatic rings. The molecule has 0 bridgehead atoms. The summed E-state index contributed by atoms with van der Waals surface area (Å²) in [5.41, 5.74) is 0. The third kappa shape index (κ3) is 6.95. The average Bonchev–Trinajstić information content (AvgIpc) is 2.60. The SMILES string of the molecule is CN=C(NCCC(F)(F)F)NC1CCC(C(=O)N2CCSCC2)CC1. The second-order valence-corrected chi connectivity index (χ2v) is 7.72. The molecule has 9 heteroatoms. The Labute approximate surface area is 151 Å². The third-order valence-electron chi connectivity index (χ3n) is 4.66. The van der Waals surface area contributed by atoms with Crippen LogP contribution in [0.1, 0.15) is 32.1 Å². The molecule has 1 saturated carbocycles. The zero-order valence-electron chi connectivity index (χ0n) is 14.6. The number of hydrogen-bond acceptors (Lipinski definition) is 3. The van der Waals surface area contributed by atoms with Gasteiger partial charge in [-0.1, -0.05) is 0 Å². The van der Waals surface area contributed by atoms with Gasteiger partial charge in [-0.15, -0.1) is 0 Å². The first kappa shape index (κ1) is 20.2. The largest absolute Gasteiger partial charge is 0.390 e. The van der Waals surface area contributed by atoms with Crippen LogP contribution in [0.25, 0.3) is 0 Å². The highest BCUT2D eigenvalue weighted by atomic mass is 32.2. The Morgan fingerprint density at radius 2 is 1.84 bits per heavy atom. The lowest BCUT2D eigenvalue weighted by atomic mass is 9.85. The van der Waals surface area contributed by atoms with Gasteiger partial charge in [-0.25, -0.2) is 0 Å². The Kier molecular flexibility index (Phi) is 7.71. The van der Waals surface area contributed by atoms with E-state index in [0.717, 1.165) is 50.3 Å². The molecule has 0 atom stereocenters. The molecule has 0 unspecified atom stereocenters. The van der Waals surface area contributed by atoms with E-state index in [2.05, 4.69) is 15.6 Å². The Morgan fingerprint density at radius 1 is 1.20 bits per heavy atom. The summed E-state index contributed by atoms with van der Waals surface area (Å²) in [6.45, 7) is 1.50. The second kappa shape index (κ2) is 9.54. The van der Waals surface area contributed by atoms with Gasteiger partial charge < -0.3 is 15.5 Å². The predicted octanol–water partition coefficient (Wildman–Crippen LogP) is 2.24. The van der Waals surface area contributed by atoms with Gasteiger partial charge in [0.25, 0.3) is 0 Å². The van der Waals surface area contributed by atoms with Gasteiger partial charge in [0.1, 0.15) is 0 Å². The number of alkyl halides is 3. The fraction of sp³-hybridized carbons (Fsp3) is 0.875. The van der Waals surface area contributed by atoms with Crippen molar-refractivity contribution in [1.29, 1.82) is 0 Å². The van der Waals surface area contributed by atoms with Crippen molar-refractivity contribution in [2.24, 2.45) is 10.9 Å². The van der Waals surface area contributed by atoms with E-state index >= 15 is 0 Å². The predicted molar refractivity (Wildman–Crippen MR) is 94.8 cm³/mol. The van der Waals surface area contributed by atoms with Crippen LogP contribution in [0.4, 0.5) is 13.2 Å². The van der Waals surface area contributed by atoms with E-state index in [1.807, 2.05) is 16.7 Å². The Balaban J connectivity index is 1.70. The molecule has 0 aromatic carbocycles. The lowest BCUT2D eigenvalue weighted by Crippen LogP contribution is -2.47. The molecular formula is C16H27F3N4OS. The van der Waals surface area contributed by atoms with Crippen molar-refractivity contribution >= 4 is 23.6 Å². The molecular weight excluding hydrogens is 353 g/mol. The maximum atomic E-state index is 12.5. The summed E-state index contributed by atoms with van der Waals surface area (Å²) in [6.07, 6.45) is -1.75. The van der Waals surface area contributed by atoms with Gasteiger partial charge in [-0.05, 0) is 25.7 Å². The summed E-state index contributed by atoms with van der Waals surface area (Å²) < 4.78 is 36.6. The van der Waals surface area contributed by atoms with Gasteiger partial charge in [0.15, 0.2) is 5.96 Å². The van der Waals surface area contributed by atoms with E-state index < -0.39 is 12.6 Å². The van der Waals surface area contributed by atoms with Crippen LogP contribution in [-0.4, -0.2) is 67.2 Å². The molecule has 25 heavy (non-hydrogen) atoms. The number of amides is 1. The molecule has 1 saturated heterocycles. The van der Waals surface area contributed by atoms with E-state index in [4.69, 9.17) is 0 Å². The first-order valence-electron chi connectivity index (χ1n) is 8.79. The Bertz CT molecular complexity index is 459. The van der Waals surface area contributed by atoms with Crippen LogP contribution in [0.15, 0.2) is 4.99 Å². The van der Waals surface area contributed by atoms with E-state index in [1.165, 1.54) is 0 Å². The average molecular weight is 380 g/mol. The number of nitrogens with zero attached hydrogens (tertiary/aromatic N) is 2. The van der Waals surface area contributed by atoms with Crippen LogP contribution in [0.2, 0.25) is 0 Å². The zero-order valence-corrected chi connectivity index (χ0v) is 15.4. The molecule has 2 aliphatic rings. The Hall–Kier alpha value is -1.12. The van der Waals surface area contributed by atoms with Gasteiger partial charge in [0, 0.05) is 50.1 Å². The van der Waals surface area contributed by atoms with Gasteiger partial charge in [0.2, 0.25) is 5.91 Å². The highest BCUT2D eigenvalue weighted by Crippen LogP contribution is 2.27. The topological polar surface area (TPSA) is 56.7 Å². The highest BCUT2D eigenvalue weighted by Gasteiger charge is 2.30. The van der Waals surface area contributed by atoms with Crippen molar-refractivity contribution in [3.8, 4) is 0 Å². The van der Waals surface area contributed by atoms with Crippen molar-refractivity contribution in [1.82, 2.24) is 15.5 Å². The standard InChI is InChI=1S/C16H27F3N4OS/c1-20-15(21-7-6-16(17,18)19)22-13-4-2-12(3-5-13)14(24)23-8-10-25-11-9-23/h12-13H,2-11H2,1H3,(H2,20,21,22). The molecule has 0 radical (unpaired) electrons. The summed E-state index contributed by atoms with van der Waals surface area (Å²) in [5, 5.41) is 5.87. The number of carbonyl (C=O) groups excluding carboxylic acids is 1. The molecule has 1 aliphatic heterocycles. The van der Waals surface area contributed by atoms with Crippen LogP contribution in [-0.2, 0) is 4.79 Å². The number of aliphatic imine (C=N–C) groups is 1. The number of carbonyl (C=O) groups is 1. The number of guanidine groups is 1. The molecule has 5 nitrogen and oxygen atoms in total. The van der Waals surface area contributed by atoms with Crippen molar-refractivity contribution in [3.05, 3.63) is 0 Å². The van der Waals surface area contributed by atoms with E-state index in [1.54, 1.807) is 7.05 Å². The van der Waals surface area contributed by atoms with Crippen molar-refractivity contribution in [2.75, 3.05) is 38.2 Å². The maximum absolute atomic E-state index is 12.5. The smallest absolute Gasteiger partial charge is 0.356 e. The van der Waals surface area contributed by atoms with Crippen molar-refractivity contribution in [3.63, 3.8) is 0 Å². The molecule has 144 valence electrons. The van der Waals surface area contributed by atoms with Crippen LogP contribution < -0.4 is 10.6 Å². The lowest BCUT2D eigenvalue weighted by molar-refractivity contribution is -0.136. The molecule has 0 spiro atoms.